The summed E-state index contributed by atoms with van der Waals surface area (Å²) in [6.07, 6.45) is 21.2. The Bertz CT molecular complexity index is 448. The number of rotatable bonds is 24. The van der Waals surface area contributed by atoms with Crippen LogP contribution >= 0.6 is 0 Å². The highest BCUT2D eigenvalue weighted by Gasteiger charge is 2.30. The van der Waals surface area contributed by atoms with E-state index < -0.39 is 17.6 Å². The molecule has 4 heteroatoms. The number of unbranched alkanes of at least 4 members (excludes halogenated alkanes) is 15. The first kappa shape index (κ1) is 32.5. The van der Waals surface area contributed by atoms with Gasteiger partial charge in [0.25, 0.3) is 0 Å². The van der Waals surface area contributed by atoms with Gasteiger partial charge in [0, 0.05) is 12.0 Å². The van der Waals surface area contributed by atoms with Crippen LogP contribution in [0, 0.1) is 5.41 Å². The molecule has 0 aliphatic heterocycles. The standard InChI is InChI=1S/C29H59NO3/c1-6-7-8-9-10-11-12-13-14-15-16-17-18-19-20-21-22-30(24-27(3)32)25-28(33)29(4,5)23-26(2)31/h26-27,31-32H,6-25H2,1-5H3. The first-order chi connectivity index (χ1) is 15.7. The zero-order valence-electron chi connectivity index (χ0n) is 23.0. The highest BCUT2D eigenvalue weighted by molar-refractivity contribution is 5.85. The van der Waals surface area contributed by atoms with E-state index in [-0.39, 0.29) is 5.78 Å². The Morgan fingerprint density at radius 2 is 1.09 bits per heavy atom. The summed E-state index contributed by atoms with van der Waals surface area (Å²) < 4.78 is 0. The number of carbonyl (C=O) groups is 1. The van der Waals surface area contributed by atoms with Crippen LogP contribution in [0.5, 0.6) is 0 Å². The van der Waals surface area contributed by atoms with Gasteiger partial charge in [0.15, 0.2) is 5.78 Å². The Hall–Kier alpha value is -0.450. The molecule has 2 atom stereocenters. The SMILES string of the molecule is CCCCCCCCCCCCCCCCCCN(CC(=O)C(C)(C)CC(C)O)CC(C)O. The van der Waals surface area contributed by atoms with Gasteiger partial charge < -0.3 is 10.2 Å². The van der Waals surface area contributed by atoms with E-state index >= 15 is 0 Å². The van der Waals surface area contributed by atoms with Gasteiger partial charge in [-0.05, 0) is 33.2 Å². The van der Waals surface area contributed by atoms with Crippen molar-refractivity contribution in [3.8, 4) is 0 Å². The largest absolute Gasteiger partial charge is 0.393 e. The van der Waals surface area contributed by atoms with Gasteiger partial charge in [0.1, 0.15) is 0 Å². The summed E-state index contributed by atoms with van der Waals surface area (Å²) in [6, 6.07) is 0. The lowest BCUT2D eigenvalue weighted by Gasteiger charge is -2.29. The molecule has 0 saturated carbocycles. The summed E-state index contributed by atoms with van der Waals surface area (Å²) in [6.45, 7) is 11.4. The minimum Gasteiger partial charge on any atom is -0.393 e. The Morgan fingerprint density at radius 1 is 0.697 bits per heavy atom. The fraction of sp³-hybridized carbons (Fsp3) is 0.966. The maximum absolute atomic E-state index is 12.7. The molecular weight excluding hydrogens is 410 g/mol. The molecule has 0 aliphatic carbocycles. The maximum atomic E-state index is 12.7. The predicted octanol–water partition coefficient (Wildman–Crippen LogP) is 7.30. The second-order valence-corrected chi connectivity index (χ2v) is 11.2. The number of aliphatic hydroxyl groups excluding tert-OH is 2. The van der Waals surface area contributed by atoms with Crippen LogP contribution in [0.25, 0.3) is 0 Å². The lowest BCUT2D eigenvalue weighted by atomic mass is 9.82. The Kier molecular flexibility index (Phi) is 20.6. The van der Waals surface area contributed by atoms with Crippen molar-refractivity contribution in [1.29, 1.82) is 0 Å². The van der Waals surface area contributed by atoms with E-state index in [0.29, 0.717) is 19.5 Å². The molecule has 0 aromatic carbocycles. The first-order valence-electron chi connectivity index (χ1n) is 14.3. The minimum absolute atomic E-state index is 0.153. The van der Waals surface area contributed by atoms with E-state index in [0.717, 1.165) is 13.0 Å². The van der Waals surface area contributed by atoms with Crippen molar-refractivity contribution in [3.63, 3.8) is 0 Å². The molecule has 0 amide bonds. The van der Waals surface area contributed by atoms with Crippen molar-refractivity contribution in [2.45, 2.75) is 156 Å². The molecule has 0 heterocycles. The van der Waals surface area contributed by atoms with Gasteiger partial charge in [-0.15, -0.1) is 0 Å². The van der Waals surface area contributed by atoms with Crippen molar-refractivity contribution in [1.82, 2.24) is 4.90 Å². The molecule has 0 fully saturated rings. The monoisotopic (exact) mass is 469 g/mol. The molecule has 0 spiro atoms. The number of ketones is 1. The zero-order valence-corrected chi connectivity index (χ0v) is 23.0. The van der Waals surface area contributed by atoms with Gasteiger partial charge >= 0.3 is 0 Å². The van der Waals surface area contributed by atoms with Crippen molar-refractivity contribution in [3.05, 3.63) is 0 Å². The summed E-state index contributed by atoms with van der Waals surface area (Å²) in [5, 5.41) is 19.5. The third-order valence-electron chi connectivity index (χ3n) is 6.78. The van der Waals surface area contributed by atoms with Crippen LogP contribution in [-0.2, 0) is 4.79 Å². The first-order valence-corrected chi connectivity index (χ1v) is 14.3. The van der Waals surface area contributed by atoms with E-state index in [1.165, 1.54) is 96.3 Å². The number of hydrogen-bond donors (Lipinski definition) is 2. The van der Waals surface area contributed by atoms with E-state index in [1.54, 1.807) is 13.8 Å². The van der Waals surface area contributed by atoms with E-state index in [9.17, 15) is 15.0 Å². The normalized spacial score (nSPS) is 14.1. The third kappa shape index (κ3) is 20.6. The second kappa shape index (κ2) is 20.9. The quantitative estimate of drug-likeness (QED) is 0.146. The van der Waals surface area contributed by atoms with Crippen LogP contribution in [0.2, 0.25) is 0 Å². The summed E-state index contributed by atoms with van der Waals surface area (Å²) >= 11 is 0. The predicted molar refractivity (Wildman–Crippen MR) is 143 cm³/mol. The molecule has 0 saturated heterocycles. The lowest BCUT2D eigenvalue weighted by Crippen LogP contribution is -2.41. The van der Waals surface area contributed by atoms with E-state index in [2.05, 4.69) is 11.8 Å². The molecule has 0 bridgehead atoms. The molecule has 198 valence electrons. The average molecular weight is 470 g/mol. The number of hydrogen-bond acceptors (Lipinski definition) is 4. The van der Waals surface area contributed by atoms with Crippen LogP contribution < -0.4 is 0 Å². The van der Waals surface area contributed by atoms with Gasteiger partial charge in [-0.2, -0.15) is 0 Å². The second-order valence-electron chi connectivity index (χ2n) is 11.2. The van der Waals surface area contributed by atoms with E-state index in [1.807, 2.05) is 13.8 Å². The average Bonchev–Trinajstić information content (AvgIpc) is 2.72. The molecule has 0 aromatic rings. The molecule has 2 N–H and O–H groups in total. The van der Waals surface area contributed by atoms with Gasteiger partial charge in [0.05, 0.1) is 18.8 Å². The fourth-order valence-electron chi connectivity index (χ4n) is 4.76. The lowest BCUT2D eigenvalue weighted by molar-refractivity contribution is -0.130. The summed E-state index contributed by atoms with van der Waals surface area (Å²) in [5.41, 5.74) is -0.528. The van der Waals surface area contributed by atoms with E-state index in [4.69, 9.17) is 0 Å². The van der Waals surface area contributed by atoms with Crippen molar-refractivity contribution >= 4 is 5.78 Å². The Balaban J connectivity index is 3.78. The third-order valence-corrected chi connectivity index (χ3v) is 6.78. The Morgan fingerprint density at radius 3 is 1.45 bits per heavy atom. The number of nitrogens with zero attached hydrogens (tertiary/aromatic N) is 1. The van der Waals surface area contributed by atoms with Gasteiger partial charge in [-0.25, -0.2) is 0 Å². The minimum atomic E-state index is -0.528. The zero-order chi connectivity index (χ0) is 25.0. The maximum Gasteiger partial charge on any atom is 0.152 e. The Labute approximate surface area is 206 Å². The smallest absolute Gasteiger partial charge is 0.152 e. The highest BCUT2D eigenvalue weighted by Crippen LogP contribution is 2.24. The summed E-state index contributed by atoms with van der Waals surface area (Å²) in [4.78, 5) is 14.8. The number of carbonyl (C=O) groups excluding carboxylic acids is 1. The summed E-state index contributed by atoms with van der Waals surface area (Å²) in [5.74, 6) is 0.153. The molecule has 0 aliphatic rings. The molecule has 2 unspecified atom stereocenters. The molecule has 0 aromatic heterocycles. The number of Topliss-reactive ketones (excluding diaryl/α,β-unsaturated/α-hetero) is 1. The van der Waals surface area contributed by atoms with Crippen LogP contribution in [0.3, 0.4) is 0 Å². The van der Waals surface area contributed by atoms with Gasteiger partial charge in [-0.3, -0.25) is 9.69 Å². The van der Waals surface area contributed by atoms with Crippen LogP contribution in [0.15, 0.2) is 0 Å². The van der Waals surface area contributed by atoms with Crippen LogP contribution in [0.1, 0.15) is 144 Å². The molecular formula is C29H59NO3. The molecule has 0 rings (SSSR count). The van der Waals surface area contributed by atoms with Crippen LogP contribution in [-0.4, -0.2) is 52.7 Å². The number of aliphatic hydroxyl groups is 2. The van der Waals surface area contributed by atoms with Crippen molar-refractivity contribution < 1.29 is 15.0 Å². The van der Waals surface area contributed by atoms with Crippen molar-refractivity contribution in [2.75, 3.05) is 19.6 Å². The van der Waals surface area contributed by atoms with Gasteiger partial charge in [-0.1, -0.05) is 117 Å². The van der Waals surface area contributed by atoms with Gasteiger partial charge in [0.2, 0.25) is 0 Å². The summed E-state index contributed by atoms with van der Waals surface area (Å²) in [7, 11) is 0. The van der Waals surface area contributed by atoms with Crippen molar-refractivity contribution in [2.24, 2.45) is 5.41 Å². The fourth-order valence-corrected chi connectivity index (χ4v) is 4.76. The highest BCUT2D eigenvalue weighted by atomic mass is 16.3. The topological polar surface area (TPSA) is 60.8 Å². The van der Waals surface area contributed by atoms with Crippen LogP contribution in [0.4, 0.5) is 0 Å². The molecule has 33 heavy (non-hydrogen) atoms. The molecule has 4 nitrogen and oxygen atoms in total. The molecule has 0 radical (unpaired) electrons.